The number of hydrogen-bond donors (Lipinski definition) is 0. The Kier molecular flexibility index (Phi) is 3.70. The third kappa shape index (κ3) is 5.79. The first-order chi connectivity index (χ1) is 4.63. The van der Waals surface area contributed by atoms with Crippen molar-refractivity contribution in [2.75, 3.05) is 0 Å². The molecule has 0 saturated carbocycles. The molecule has 0 aliphatic rings. The van der Waals surface area contributed by atoms with Crippen molar-refractivity contribution in [2.24, 2.45) is 5.41 Å². The van der Waals surface area contributed by atoms with E-state index in [0.29, 0.717) is 4.78 Å². The van der Waals surface area contributed by atoms with E-state index in [9.17, 15) is 0 Å². The standard InChI is InChI=1S/C9H19O.Li/c1-8(2,3)7-10-9(4,5)6;/h7H,1-6H3;. The summed E-state index contributed by atoms with van der Waals surface area (Å²) in [4.78, 5) is 0. The Morgan fingerprint density at radius 2 is 1.36 bits per heavy atom. The van der Waals surface area contributed by atoms with Crippen molar-refractivity contribution in [3.05, 3.63) is 0 Å². The summed E-state index contributed by atoms with van der Waals surface area (Å²) in [6.07, 6.45) is 0. The SMILES string of the molecule is [Li][CH](OC(C)(C)C)C(C)(C)C. The van der Waals surface area contributed by atoms with E-state index < -0.39 is 0 Å². The Bertz CT molecular complexity index is 119. The molecule has 1 nitrogen and oxygen atoms in total. The van der Waals surface area contributed by atoms with Crippen LogP contribution in [0.1, 0.15) is 41.5 Å². The summed E-state index contributed by atoms with van der Waals surface area (Å²) in [6.45, 7) is 12.9. The van der Waals surface area contributed by atoms with Crippen molar-refractivity contribution in [3.8, 4) is 0 Å². The third-order valence-electron chi connectivity index (χ3n) is 1.75. The molecule has 0 bridgehead atoms. The van der Waals surface area contributed by atoms with Crippen LogP contribution in [0.15, 0.2) is 0 Å². The molecule has 0 saturated heterocycles. The quantitative estimate of drug-likeness (QED) is 0.521. The summed E-state index contributed by atoms with van der Waals surface area (Å²) in [7, 11) is 0. The number of hydrogen-bond acceptors (Lipinski definition) is 1. The zero-order valence-electron chi connectivity index (χ0n) is 8.99. The van der Waals surface area contributed by atoms with Crippen LogP contribution in [0.2, 0.25) is 0 Å². The molecule has 0 spiro atoms. The Labute approximate surface area is 80.1 Å². The van der Waals surface area contributed by atoms with Gasteiger partial charge in [0.05, 0.1) is 0 Å². The molecule has 0 radical (unpaired) electrons. The molecule has 0 N–H and O–H groups in total. The summed E-state index contributed by atoms with van der Waals surface area (Å²) in [5.74, 6) is 0. The molecule has 0 amide bonds. The molecule has 0 aliphatic carbocycles. The van der Waals surface area contributed by atoms with Crippen LogP contribution in [0.4, 0.5) is 0 Å². The molecule has 0 rings (SSSR count). The number of ether oxygens (including phenoxy) is 1. The molecule has 0 aromatic rings. The normalized spacial score (nSPS) is 16.7. The van der Waals surface area contributed by atoms with Crippen molar-refractivity contribution in [3.63, 3.8) is 0 Å². The van der Waals surface area contributed by atoms with Crippen molar-refractivity contribution in [1.82, 2.24) is 0 Å². The molecule has 1 atom stereocenters. The summed E-state index contributed by atoms with van der Waals surface area (Å²) in [5.41, 5.74) is 0.222. The van der Waals surface area contributed by atoms with Crippen LogP contribution >= 0.6 is 0 Å². The van der Waals surface area contributed by atoms with Gasteiger partial charge in [-0.2, -0.15) is 0 Å². The molecule has 11 heavy (non-hydrogen) atoms. The average Bonchev–Trinajstić information content (AvgIpc) is 1.56. The van der Waals surface area contributed by atoms with E-state index in [2.05, 4.69) is 59.3 Å². The fraction of sp³-hybridized carbons (Fsp3) is 1.00. The summed E-state index contributed by atoms with van der Waals surface area (Å²) < 4.78 is 6.11. The molecular formula is C9H19LiO. The van der Waals surface area contributed by atoms with Gasteiger partial charge in [-0.3, -0.25) is 0 Å². The molecule has 0 aromatic carbocycles. The summed E-state index contributed by atoms with van der Waals surface area (Å²) in [6, 6.07) is 0. The van der Waals surface area contributed by atoms with Crippen molar-refractivity contribution >= 4 is 17.7 Å². The van der Waals surface area contributed by atoms with Crippen molar-refractivity contribution in [1.29, 1.82) is 0 Å². The van der Waals surface area contributed by atoms with Gasteiger partial charge in [-0.1, -0.05) is 0 Å². The molecule has 1 unspecified atom stereocenters. The van der Waals surface area contributed by atoms with Crippen LogP contribution in [0.3, 0.4) is 0 Å². The molecule has 2 heteroatoms. The van der Waals surface area contributed by atoms with Crippen LogP contribution in [-0.4, -0.2) is 28.1 Å². The third-order valence-corrected chi connectivity index (χ3v) is 1.75. The second kappa shape index (κ2) is 3.52. The molecular weight excluding hydrogens is 131 g/mol. The van der Waals surface area contributed by atoms with Gasteiger partial charge >= 0.3 is 79.8 Å². The summed E-state index contributed by atoms with van der Waals surface area (Å²) >= 11 is 2.13. The molecule has 62 valence electrons. The van der Waals surface area contributed by atoms with E-state index in [-0.39, 0.29) is 11.0 Å². The Morgan fingerprint density at radius 1 is 1.00 bits per heavy atom. The van der Waals surface area contributed by atoms with E-state index >= 15 is 0 Å². The topological polar surface area (TPSA) is 9.23 Å². The molecule has 0 aliphatic heterocycles. The Morgan fingerprint density at radius 3 is 1.45 bits per heavy atom. The fourth-order valence-electron chi connectivity index (χ4n) is 0.707. The first-order valence-electron chi connectivity index (χ1n) is 4.31. The van der Waals surface area contributed by atoms with Crippen LogP contribution in [0.25, 0.3) is 0 Å². The number of rotatable bonds is 1. The first-order valence-corrected chi connectivity index (χ1v) is 4.31. The van der Waals surface area contributed by atoms with Gasteiger partial charge < -0.3 is 0 Å². The van der Waals surface area contributed by atoms with Gasteiger partial charge in [0.25, 0.3) is 0 Å². The monoisotopic (exact) mass is 150 g/mol. The fourth-order valence-corrected chi connectivity index (χ4v) is 0.707. The summed E-state index contributed by atoms with van der Waals surface area (Å²) in [5, 5.41) is 0. The van der Waals surface area contributed by atoms with Crippen LogP contribution in [0.5, 0.6) is 0 Å². The van der Waals surface area contributed by atoms with Gasteiger partial charge in [0.1, 0.15) is 0 Å². The van der Waals surface area contributed by atoms with Crippen LogP contribution in [-0.2, 0) is 4.74 Å². The van der Waals surface area contributed by atoms with Gasteiger partial charge in [0, 0.05) is 0 Å². The predicted molar refractivity (Wildman–Crippen MR) is 49.8 cm³/mol. The first kappa shape index (κ1) is 11.6. The van der Waals surface area contributed by atoms with Crippen molar-refractivity contribution in [2.45, 2.75) is 51.9 Å². The predicted octanol–water partition coefficient (Wildman–Crippen LogP) is 2.34. The minimum atomic E-state index is -0.0211. The van der Waals surface area contributed by atoms with Crippen molar-refractivity contribution < 1.29 is 4.74 Å². The van der Waals surface area contributed by atoms with Gasteiger partial charge in [-0.15, -0.1) is 0 Å². The zero-order chi connectivity index (χ0) is 9.28. The van der Waals surface area contributed by atoms with E-state index in [1.807, 2.05) is 0 Å². The van der Waals surface area contributed by atoms with E-state index in [4.69, 9.17) is 4.74 Å². The molecule has 0 heterocycles. The van der Waals surface area contributed by atoms with Crippen LogP contribution < -0.4 is 0 Å². The van der Waals surface area contributed by atoms with E-state index in [0.717, 1.165) is 0 Å². The molecule has 0 aromatic heterocycles. The average molecular weight is 150 g/mol. The van der Waals surface area contributed by atoms with Gasteiger partial charge in [0.15, 0.2) is 0 Å². The maximum atomic E-state index is 5.80. The van der Waals surface area contributed by atoms with E-state index in [1.54, 1.807) is 0 Å². The maximum absolute atomic E-state index is 5.80. The second-order valence-corrected chi connectivity index (χ2v) is 5.24. The Balaban J connectivity index is 3.99. The minimum absolute atomic E-state index is 0.0211. The van der Waals surface area contributed by atoms with Crippen LogP contribution in [0, 0.1) is 5.41 Å². The van der Waals surface area contributed by atoms with Gasteiger partial charge in [-0.25, -0.2) is 0 Å². The Hall–Kier alpha value is 0.557. The second-order valence-electron chi connectivity index (χ2n) is 5.24. The molecule has 0 fully saturated rings. The van der Waals surface area contributed by atoms with Gasteiger partial charge in [-0.05, 0) is 0 Å². The zero-order valence-corrected chi connectivity index (χ0v) is 8.99. The van der Waals surface area contributed by atoms with E-state index in [1.165, 1.54) is 0 Å². The van der Waals surface area contributed by atoms with Gasteiger partial charge in [0.2, 0.25) is 0 Å².